The molecule has 0 aliphatic rings. The fourth-order valence-corrected chi connectivity index (χ4v) is 2.50. The Hall–Kier alpha value is -1.92. The van der Waals surface area contributed by atoms with Crippen molar-refractivity contribution in [3.63, 3.8) is 0 Å². The zero-order valence-electron chi connectivity index (χ0n) is 10.3. The molecule has 0 aliphatic heterocycles. The highest BCUT2D eigenvalue weighted by Crippen LogP contribution is 2.15. The van der Waals surface area contributed by atoms with E-state index >= 15 is 0 Å². The molecule has 1 aromatic heterocycles. The average molecular weight is 351 g/mol. The number of carbonyl (C=O) groups is 2. The Morgan fingerprint density at radius 2 is 1.90 bits per heavy atom. The third-order valence-electron chi connectivity index (χ3n) is 2.36. The van der Waals surface area contributed by atoms with Crippen LogP contribution < -0.4 is 10.9 Å². The Morgan fingerprint density at radius 3 is 2.60 bits per heavy atom. The highest BCUT2D eigenvalue weighted by Gasteiger charge is 2.08. The number of thiophene rings is 1. The summed E-state index contributed by atoms with van der Waals surface area (Å²) in [6, 6.07) is 10.8. The molecule has 0 unspecified atom stereocenters. The fraction of sp³-hybridized carbons (Fsp3) is 0. The largest absolute Gasteiger partial charge is 0.270 e. The number of hydrogen-bond acceptors (Lipinski definition) is 3. The number of halogens is 1. The number of nitrogens with one attached hydrogen (secondary N) is 2. The number of carbonyl (C=O) groups excluding carboxylic acids is 2. The second-order valence-corrected chi connectivity index (χ2v) is 5.61. The molecule has 20 heavy (non-hydrogen) atoms. The second-order valence-electron chi connectivity index (χ2n) is 3.77. The maximum absolute atomic E-state index is 11.8. The molecule has 2 N–H and O–H groups in total. The number of rotatable bonds is 3. The van der Waals surface area contributed by atoms with Crippen LogP contribution in [0.1, 0.15) is 15.2 Å². The highest BCUT2D eigenvalue weighted by atomic mass is 79.9. The lowest BCUT2D eigenvalue weighted by Gasteiger charge is -2.06. The summed E-state index contributed by atoms with van der Waals surface area (Å²) in [5, 5.41) is 1.92. The van der Waals surface area contributed by atoms with Crippen LogP contribution in [0.2, 0.25) is 0 Å². The molecule has 2 rings (SSSR count). The van der Waals surface area contributed by atoms with Crippen molar-refractivity contribution >= 4 is 45.2 Å². The van der Waals surface area contributed by atoms with Crippen molar-refractivity contribution in [3.8, 4) is 0 Å². The number of hydrazine groups is 1. The zero-order chi connectivity index (χ0) is 14.4. The fourth-order valence-electron chi connectivity index (χ4n) is 1.42. The first-order valence-electron chi connectivity index (χ1n) is 5.73. The van der Waals surface area contributed by atoms with Crippen molar-refractivity contribution in [2.75, 3.05) is 0 Å². The van der Waals surface area contributed by atoms with Crippen molar-refractivity contribution in [1.82, 2.24) is 10.9 Å². The normalized spacial score (nSPS) is 10.4. The van der Waals surface area contributed by atoms with E-state index in [4.69, 9.17) is 0 Å². The molecule has 1 heterocycles. The van der Waals surface area contributed by atoms with E-state index in [1.807, 2.05) is 23.6 Å². The van der Waals surface area contributed by atoms with Gasteiger partial charge in [-0.3, -0.25) is 20.4 Å². The van der Waals surface area contributed by atoms with Crippen LogP contribution in [0, 0.1) is 0 Å². The van der Waals surface area contributed by atoms with Gasteiger partial charge in [-0.1, -0.05) is 18.2 Å². The van der Waals surface area contributed by atoms with E-state index in [1.54, 1.807) is 24.3 Å². The maximum atomic E-state index is 11.8. The molecule has 0 saturated carbocycles. The molecule has 0 saturated heterocycles. The van der Waals surface area contributed by atoms with E-state index in [9.17, 15) is 9.59 Å². The monoisotopic (exact) mass is 350 g/mol. The summed E-state index contributed by atoms with van der Waals surface area (Å²) in [6.45, 7) is 0. The first-order valence-corrected chi connectivity index (χ1v) is 7.40. The Kier molecular flexibility index (Phi) is 5.09. The van der Waals surface area contributed by atoms with Crippen molar-refractivity contribution in [2.45, 2.75) is 0 Å². The lowest BCUT2D eigenvalue weighted by molar-refractivity contribution is -0.117. The molecule has 2 aromatic rings. The van der Waals surface area contributed by atoms with Gasteiger partial charge in [0.1, 0.15) is 0 Å². The maximum Gasteiger partial charge on any atom is 0.270 e. The first-order chi connectivity index (χ1) is 9.66. The first kappa shape index (κ1) is 14.5. The molecule has 1 aromatic carbocycles. The van der Waals surface area contributed by atoms with Gasteiger partial charge in [-0.05, 0) is 45.6 Å². The van der Waals surface area contributed by atoms with Crippen molar-refractivity contribution in [3.05, 3.63) is 62.8 Å². The number of hydrogen-bond donors (Lipinski definition) is 2. The minimum Gasteiger partial charge on any atom is -0.268 e. The van der Waals surface area contributed by atoms with E-state index in [0.717, 1.165) is 4.88 Å². The smallest absolute Gasteiger partial charge is 0.268 e. The van der Waals surface area contributed by atoms with Gasteiger partial charge in [-0.15, -0.1) is 11.3 Å². The topological polar surface area (TPSA) is 58.2 Å². The van der Waals surface area contributed by atoms with Crippen LogP contribution in [0.5, 0.6) is 0 Å². The molecular formula is C14H11BrN2O2S. The molecule has 102 valence electrons. The van der Waals surface area contributed by atoms with Gasteiger partial charge >= 0.3 is 0 Å². The van der Waals surface area contributed by atoms with E-state index in [-0.39, 0.29) is 11.8 Å². The predicted molar refractivity (Wildman–Crippen MR) is 83.1 cm³/mol. The average Bonchev–Trinajstić information content (AvgIpc) is 2.96. The molecule has 0 atom stereocenters. The number of benzene rings is 1. The van der Waals surface area contributed by atoms with Crippen LogP contribution in [0.4, 0.5) is 0 Å². The molecule has 0 spiro atoms. The summed E-state index contributed by atoms with van der Waals surface area (Å²) < 4.78 is 0.667. The van der Waals surface area contributed by atoms with Gasteiger partial charge in [0.15, 0.2) is 0 Å². The minimum absolute atomic E-state index is 0.379. The van der Waals surface area contributed by atoms with Crippen molar-refractivity contribution in [2.24, 2.45) is 0 Å². The van der Waals surface area contributed by atoms with Gasteiger partial charge in [0, 0.05) is 15.4 Å². The van der Waals surface area contributed by atoms with E-state index in [0.29, 0.717) is 10.0 Å². The summed E-state index contributed by atoms with van der Waals surface area (Å²) >= 11 is 4.80. The van der Waals surface area contributed by atoms with Crippen molar-refractivity contribution in [1.29, 1.82) is 0 Å². The summed E-state index contributed by atoms with van der Waals surface area (Å²) in [6.07, 6.45) is 3.05. The van der Waals surface area contributed by atoms with E-state index in [2.05, 4.69) is 26.8 Å². The predicted octanol–water partition coefficient (Wildman–Crippen LogP) is 2.99. The Morgan fingerprint density at radius 1 is 1.10 bits per heavy atom. The van der Waals surface area contributed by atoms with E-state index in [1.165, 1.54) is 17.4 Å². The van der Waals surface area contributed by atoms with Crippen molar-refractivity contribution < 1.29 is 9.59 Å². The van der Waals surface area contributed by atoms with Gasteiger partial charge in [0.2, 0.25) is 0 Å². The molecule has 0 fully saturated rings. The highest BCUT2D eigenvalue weighted by molar-refractivity contribution is 9.10. The van der Waals surface area contributed by atoms with Gasteiger partial charge in [0.25, 0.3) is 11.8 Å². The van der Waals surface area contributed by atoms with Gasteiger partial charge in [-0.25, -0.2) is 0 Å². The Balaban J connectivity index is 1.87. The quantitative estimate of drug-likeness (QED) is 0.660. The van der Waals surface area contributed by atoms with Crippen LogP contribution in [0.3, 0.4) is 0 Å². The van der Waals surface area contributed by atoms with Gasteiger partial charge in [-0.2, -0.15) is 0 Å². The number of amides is 2. The lowest BCUT2D eigenvalue weighted by atomic mass is 10.2. The molecular weight excluding hydrogens is 340 g/mol. The molecule has 0 radical (unpaired) electrons. The molecule has 0 aliphatic carbocycles. The van der Waals surface area contributed by atoms with Gasteiger partial charge in [0.05, 0.1) is 5.56 Å². The van der Waals surface area contributed by atoms with Crippen LogP contribution in [0.15, 0.2) is 52.3 Å². The molecule has 4 nitrogen and oxygen atoms in total. The Bertz CT molecular complexity index is 638. The third kappa shape index (κ3) is 4.04. The molecule has 6 heteroatoms. The summed E-state index contributed by atoms with van der Waals surface area (Å²) in [5.74, 6) is -0.769. The molecule has 2 amide bonds. The van der Waals surface area contributed by atoms with Crippen LogP contribution in [-0.4, -0.2) is 11.8 Å². The lowest BCUT2D eigenvalue weighted by Crippen LogP contribution is -2.40. The van der Waals surface area contributed by atoms with Crippen LogP contribution >= 0.6 is 27.3 Å². The van der Waals surface area contributed by atoms with Crippen LogP contribution in [-0.2, 0) is 4.79 Å². The minimum atomic E-state index is -0.390. The summed E-state index contributed by atoms with van der Waals surface area (Å²) in [7, 11) is 0. The summed E-state index contributed by atoms with van der Waals surface area (Å²) in [4.78, 5) is 24.3. The third-order valence-corrected chi connectivity index (χ3v) is 3.89. The summed E-state index contributed by atoms with van der Waals surface area (Å²) in [5.41, 5.74) is 5.14. The zero-order valence-corrected chi connectivity index (χ0v) is 12.7. The molecule has 0 bridgehead atoms. The Labute approximate surface area is 128 Å². The SMILES string of the molecule is O=C(/C=C/c1cccs1)NNC(=O)c1ccccc1Br. The van der Waals surface area contributed by atoms with E-state index < -0.39 is 0 Å². The van der Waals surface area contributed by atoms with Crippen LogP contribution in [0.25, 0.3) is 6.08 Å². The standard InChI is InChI=1S/C14H11BrN2O2S/c15-12-6-2-1-5-11(12)14(19)17-16-13(18)8-7-10-4-3-9-20-10/h1-9H,(H,16,18)(H,17,19)/b8-7+. The van der Waals surface area contributed by atoms with Gasteiger partial charge < -0.3 is 0 Å². The second kappa shape index (κ2) is 7.02.